The average molecular weight is 163 g/mol. The molecule has 9 heavy (non-hydrogen) atoms. The molecule has 1 rings (SSSR count). The fourth-order valence-corrected chi connectivity index (χ4v) is 1.55. The second-order valence-corrected chi connectivity index (χ2v) is 4.21. The van der Waals surface area contributed by atoms with Gasteiger partial charge in [0.15, 0.2) is 0 Å². The molecule has 0 saturated heterocycles. The lowest BCUT2D eigenvalue weighted by atomic mass is 10.4. The van der Waals surface area contributed by atoms with Crippen molar-refractivity contribution >= 4 is 25.4 Å². The summed E-state index contributed by atoms with van der Waals surface area (Å²) < 4.78 is 2.49. The van der Waals surface area contributed by atoms with Crippen molar-refractivity contribution in [1.82, 2.24) is 4.31 Å². The minimum Gasteiger partial charge on any atom is -0.256 e. The molecule has 1 nitrogen and oxygen atoms in total. The van der Waals surface area contributed by atoms with Gasteiger partial charge in [0.25, 0.3) is 0 Å². The molecule has 0 aromatic carbocycles. The standard InChI is InChI=1S/C6H11NS.H2S/c1-6(4-5-6)8-7(2)3;/h4-5H,1-3H3;1H2. The van der Waals surface area contributed by atoms with Gasteiger partial charge in [0, 0.05) is 0 Å². The molecule has 0 saturated carbocycles. The molecule has 0 fully saturated rings. The second kappa shape index (κ2) is 2.99. The minimum absolute atomic E-state index is 0. The van der Waals surface area contributed by atoms with Crippen molar-refractivity contribution < 1.29 is 0 Å². The van der Waals surface area contributed by atoms with Gasteiger partial charge in [-0.25, -0.2) is 0 Å². The zero-order chi connectivity index (χ0) is 6.20. The summed E-state index contributed by atoms with van der Waals surface area (Å²) in [5.74, 6) is 0. The van der Waals surface area contributed by atoms with Crippen LogP contribution in [-0.2, 0) is 0 Å². The lowest BCUT2D eigenvalue weighted by Gasteiger charge is -2.13. The molecule has 0 amide bonds. The van der Waals surface area contributed by atoms with E-state index in [4.69, 9.17) is 0 Å². The van der Waals surface area contributed by atoms with E-state index < -0.39 is 0 Å². The third-order valence-electron chi connectivity index (χ3n) is 1.02. The molecule has 1 aliphatic carbocycles. The maximum absolute atomic E-state index is 2.21. The first kappa shape index (κ1) is 9.40. The summed E-state index contributed by atoms with van der Waals surface area (Å²) in [4.78, 5) is 0. The molecule has 54 valence electrons. The van der Waals surface area contributed by atoms with E-state index in [0.29, 0.717) is 4.75 Å². The Morgan fingerprint density at radius 1 is 1.33 bits per heavy atom. The highest BCUT2D eigenvalue weighted by Gasteiger charge is 2.29. The first-order valence-electron chi connectivity index (χ1n) is 2.69. The van der Waals surface area contributed by atoms with Crippen LogP contribution >= 0.6 is 25.4 Å². The molecule has 0 radical (unpaired) electrons. The van der Waals surface area contributed by atoms with Crippen LogP contribution < -0.4 is 0 Å². The van der Waals surface area contributed by atoms with Gasteiger partial charge < -0.3 is 0 Å². The highest BCUT2D eigenvalue weighted by atomic mass is 32.2. The molecule has 0 aromatic heterocycles. The Morgan fingerprint density at radius 2 is 1.78 bits per heavy atom. The largest absolute Gasteiger partial charge is 0.256 e. The Balaban J connectivity index is 0.000000640. The molecule has 0 heterocycles. The van der Waals surface area contributed by atoms with Gasteiger partial charge in [-0.2, -0.15) is 13.5 Å². The van der Waals surface area contributed by atoms with Crippen molar-refractivity contribution in [3.05, 3.63) is 12.2 Å². The van der Waals surface area contributed by atoms with Crippen molar-refractivity contribution in [2.75, 3.05) is 14.1 Å². The number of rotatable bonds is 2. The molecule has 0 bridgehead atoms. The summed E-state index contributed by atoms with van der Waals surface area (Å²) in [7, 11) is 4.13. The van der Waals surface area contributed by atoms with Gasteiger partial charge in [-0.15, -0.1) is 0 Å². The van der Waals surface area contributed by atoms with Crippen molar-refractivity contribution in [1.29, 1.82) is 0 Å². The molecule has 0 aliphatic heterocycles. The van der Waals surface area contributed by atoms with Crippen LogP contribution in [0.25, 0.3) is 0 Å². The van der Waals surface area contributed by atoms with Crippen LogP contribution in [0.15, 0.2) is 12.2 Å². The number of hydrogen-bond donors (Lipinski definition) is 0. The molecule has 0 unspecified atom stereocenters. The van der Waals surface area contributed by atoms with Crippen molar-refractivity contribution in [2.45, 2.75) is 11.7 Å². The van der Waals surface area contributed by atoms with Gasteiger partial charge in [0.2, 0.25) is 0 Å². The van der Waals surface area contributed by atoms with E-state index in [0.717, 1.165) is 0 Å². The maximum Gasteiger partial charge on any atom is 0.0638 e. The van der Waals surface area contributed by atoms with Gasteiger partial charge in [0.1, 0.15) is 0 Å². The van der Waals surface area contributed by atoms with Gasteiger partial charge in [-0.3, -0.25) is 4.31 Å². The molecular weight excluding hydrogens is 150 g/mol. The summed E-state index contributed by atoms with van der Waals surface area (Å²) in [6.45, 7) is 2.21. The molecular formula is C6H13NS2. The zero-order valence-electron chi connectivity index (χ0n) is 6.01. The van der Waals surface area contributed by atoms with Gasteiger partial charge >= 0.3 is 0 Å². The van der Waals surface area contributed by atoms with E-state index >= 15 is 0 Å². The average Bonchev–Trinajstić information content (AvgIpc) is 2.17. The summed E-state index contributed by atoms with van der Waals surface area (Å²) in [6, 6.07) is 0. The third-order valence-corrected chi connectivity index (χ3v) is 2.05. The van der Waals surface area contributed by atoms with Crippen LogP contribution in [-0.4, -0.2) is 23.1 Å². The second-order valence-electron chi connectivity index (χ2n) is 2.42. The van der Waals surface area contributed by atoms with E-state index in [9.17, 15) is 0 Å². The summed E-state index contributed by atoms with van der Waals surface area (Å²) in [5.41, 5.74) is 0. The van der Waals surface area contributed by atoms with Crippen LogP contribution in [0.4, 0.5) is 0 Å². The van der Waals surface area contributed by atoms with E-state index in [2.05, 4.69) is 37.5 Å². The first-order valence-corrected chi connectivity index (χ1v) is 3.47. The van der Waals surface area contributed by atoms with Crippen LogP contribution in [0, 0.1) is 0 Å². The Hall–Kier alpha value is 0.400. The lowest BCUT2D eigenvalue weighted by molar-refractivity contribution is 0.696. The van der Waals surface area contributed by atoms with Crippen molar-refractivity contribution in [3.8, 4) is 0 Å². The Morgan fingerprint density at radius 3 is 1.89 bits per heavy atom. The first-order chi connectivity index (χ1) is 3.62. The Labute approximate surface area is 68.1 Å². The van der Waals surface area contributed by atoms with Crippen LogP contribution in [0.1, 0.15) is 6.92 Å². The topological polar surface area (TPSA) is 3.24 Å². The lowest BCUT2D eigenvalue weighted by Crippen LogP contribution is -2.09. The van der Waals surface area contributed by atoms with Crippen LogP contribution in [0.3, 0.4) is 0 Å². The SMILES string of the molecule is CN(C)SC1(C)C=C1.S. The zero-order valence-corrected chi connectivity index (χ0v) is 7.83. The Bertz CT molecular complexity index is 114. The van der Waals surface area contributed by atoms with Gasteiger partial charge in [0.05, 0.1) is 4.75 Å². The van der Waals surface area contributed by atoms with Crippen molar-refractivity contribution in [3.63, 3.8) is 0 Å². The quantitative estimate of drug-likeness (QED) is 0.450. The molecule has 0 spiro atoms. The summed E-state index contributed by atoms with van der Waals surface area (Å²) >= 11 is 1.84. The molecule has 0 N–H and O–H groups in total. The number of hydrogen-bond acceptors (Lipinski definition) is 2. The maximum atomic E-state index is 2.21. The fraction of sp³-hybridized carbons (Fsp3) is 0.667. The van der Waals surface area contributed by atoms with Gasteiger partial charge in [-0.1, -0.05) is 24.1 Å². The summed E-state index contributed by atoms with van der Waals surface area (Å²) in [6.07, 6.45) is 4.41. The van der Waals surface area contributed by atoms with E-state index in [-0.39, 0.29) is 13.5 Å². The summed E-state index contributed by atoms with van der Waals surface area (Å²) in [5, 5.41) is 0. The number of nitrogens with zero attached hydrogens (tertiary/aromatic N) is 1. The normalized spacial score (nSPS) is 19.6. The molecule has 0 atom stereocenters. The minimum atomic E-state index is 0. The highest BCUT2D eigenvalue weighted by molar-refractivity contribution is 7.99. The molecule has 1 aliphatic rings. The smallest absolute Gasteiger partial charge is 0.0638 e. The highest BCUT2D eigenvalue weighted by Crippen LogP contribution is 2.38. The monoisotopic (exact) mass is 163 g/mol. The predicted octanol–water partition coefficient (Wildman–Crippen LogP) is 1.64. The third kappa shape index (κ3) is 3.18. The Kier molecular flexibility index (Phi) is 3.12. The van der Waals surface area contributed by atoms with E-state index in [1.807, 2.05) is 11.9 Å². The van der Waals surface area contributed by atoms with Gasteiger partial charge in [-0.05, 0) is 21.0 Å². The molecule has 3 heteroatoms. The predicted molar refractivity (Wildman–Crippen MR) is 49.2 cm³/mol. The molecule has 0 aromatic rings. The van der Waals surface area contributed by atoms with E-state index in [1.165, 1.54) is 0 Å². The van der Waals surface area contributed by atoms with E-state index in [1.54, 1.807) is 0 Å². The van der Waals surface area contributed by atoms with Crippen LogP contribution in [0.2, 0.25) is 0 Å². The van der Waals surface area contributed by atoms with Crippen LogP contribution in [0.5, 0.6) is 0 Å². The fourth-order valence-electron chi connectivity index (χ4n) is 0.572. The van der Waals surface area contributed by atoms with Crippen molar-refractivity contribution in [2.24, 2.45) is 0 Å².